The number of fused-ring (bicyclic) bond motifs is 1. The van der Waals surface area contributed by atoms with Gasteiger partial charge in [0, 0.05) is 35.3 Å². The maximum Gasteiger partial charge on any atom is 0.125 e. The zero-order valence-electron chi connectivity index (χ0n) is 10.6. The molecule has 1 aliphatic rings. The molecule has 1 atom stereocenters. The molecule has 20 heavy (non-hydrogen) atoms. The van der Waals surface area contributed by atoms with Crippen molar-refractivity contribution in [2.24, 2.45) is 0 Å². The first-order valence-corrected chi connectivity index (χ1v) is 7.54. The maximum atomic E-state index is 10.4. The van der Waals surface area contributed by atoms with E-state index in [1.807, 2.05) is 6.07 Å². The highest BCUT2D eigenvalue weighted by atomic mass is 79.9. The van der Waals surface area contributed by atoms with Crippen LogP contribution in [0.5, 0.6) is 5.75 Å². The standard InChI is InChI=1S/C15H13BrClNO2/c16-11-5-9-2-4-20-15(9)10(6-11)7-14(19)12-1-3-18-8-13(12)17/h1,3,5-6,8,14,19H,2,4,7H2. The SMILES string of the molecule is OC(Cc1cc(Br)cc2c1OCC2)c1ccncc1Cl. The van der Waals surface area contributed by atoms with Crippen molar-refractivity contribution in [3.05, 3.63) is 56.8 Å². The fourth-order valence-corrected chi connectivity index (χ4v) is 3.27. The van der Waals surface area contributed by atoms with Crippen LogP contribution in [0.15, 0.2) is 35.1 Å². The van der Waals surface area contributed by atoms with Gasteiger partial charge in [0.1, 0.15) is 5.75 Å². The highest BCUT2D eigenvalue weighted by molar-refractivity contribution is 9.10. The molecule has 0 fully saturated rings. The monoisotopic (exact) mass is 353 g/mol. The number of aliphatic hydroxyl groups is 1. The normalized spacial score (nSPS) is 14.8. The van der Waals surface area contributed by atoms with Gasteiger partial charge in [0.15, 0.2) is 0 Å². The van der Waals surface area contributed by atoms with Crippen LogP contribution in [0, 0.1) is 0 Å². The fourth-order valence-electron chi connectivity index (χ4n) is 2.47. The molecule has 1 N–H and O–H groups in total. The number of halogens is 2. The number of rotatable bonds is 3. The van der Waals surface area contributed by atoms with Crippen molar-refractivity contribution in [2.75, 3.05) is 6.61 Å². The minimum Gasteiger partial charge on any atom is -0.493 e. The van der Waals surface area contributed by atoms with Crippen LogP contribution in [0.2, 0.25) is 5.02 Å². The quantitative estimate of drug-likeness (QED) is 0.913. The van der Waals surface area contributed by atoms with Gasteiger partial charge in [-0.1, -0.05) is 27.5 Å². The minimum absolute atomic E-state index is 0.464. The Morgan fingerprint density at radius 3 is 3.10 bits per heavy atom. The molecule has 0 spiro atoms. The van der Waals surface area contributed by atoms with Gasteiger partial charge >= 0.3 is 0 Å². The molecule has 5 heteroatoms. The number of hydrogen-bond donors (Lipinski definition) is 1. The van der Waals surface area contributed by atoms with Crippen LogP contribution in [0.1, 0.15) is 22.8 Å². The topological polar surface area (TPSA) is 42.4 Å². The van der Waals surface area contributed by atoms with E-state index in [0.29, 0.717) is 23.6 Å². The smallest absolute Gasteiger partial charge is 0.125 e. The molecule has 0 bridgehead atoms. The molecule has 1 unspecified atom stereocenters. The second-order valence-electron chi connectivity index (χ2n) is 4.77. The molecule has 0 saturated heterocycles. The molecule has 0 amide bonds. The summed E-state index contributed by atoms with van der Waals surface area (Å²) < 4.78 is 6.68. The maximum absolute atomic E-state index is 10.4. The summed E-state index contributed by atoms with van der Waals surface area (Å²) in [4.78, 5) is 3.93. The summed E-state index contributed by atoms with van der Waals surface area (Å²) in [6, 6.07) is 5.80. The molecule has 104 valence electrons. The first-order chi connectivity index (χ1) is 9.65. The predicted octanol–water partition coefficient (Wildman–Crippen LogP) is 3.71. The van der Waals surface area contributed by atoms with E-state index in [0.717, 1.165) is 22.2 Å². The summed E-state index contributed by atoms with van der Waals surface area (Å²) >= 11 is 9.57. The number of hydrogen-bond acceptors (Lipinski definition) is 3. The summed E-state index contributed by atoms with van der Waals surface area (Å²) in [5, 5.41) is 10.9. The lowest BCUT2D eigenvalue weighted by molar-refractivity contribution is 0.177. The van der Waals surface area contributed by atoms with E-state index in [9.17, 15) is 5.11 Å². The van der Waals surface area contributed by atoms with Crippen molar-refractivity contribution in [2.45, 2.75) is 18.9 Å². The largest absolute Gasteiger partial charge is 0.493 e. The predicted molar refractivity (Wildman–Crippen MR) is 81.3 cm³/mol. The van der Waals surface area contributed by atoms with E-state index in [1.165, 1.54) is 5.56 Å². The minimum atomic E-state index is -0.673. The van der Waals surface area contributed by atoms with Crippen molar-refractivity contribution in [1.82, 2.24) is 4.98 Å². The first kappa shape index (κ1) is 13.9. The Hall–Kier alpha value is -1.10. The first-order valence-electron chi connectivity index (χ1n) is 6.36. The Morgan fingerprint density at radius 2 is 2.30 bits per heavy atom. The second-order valence-corrected chi connectivity index (χ2v) is 6.09. The van der Waals surface area contributed by atoms with E-state index >= 15 is 0 Å². The van der Waals surface area contributed by atoms with Crippen LogP contribution < -0.4 is 4.74 Å². The van der Waals surface area contributed by atoms with Crippen LogP contribution in [0.4, 0.5) is 0 Å². The molecule has 1 aromatic carbocycles. The van der Waals surface area contributed by atoms with Crippen LogP contribution in [0.25, 0.3) is 0 Å². The molecule has 1 aromatic heterocycles. The van der Waals surface area contributed by atoms with Crippen LogP contribution >= 0.6 is 27.5 Å². The Bertz CT molecular complexity index is 648. The van der Waals surface area contributed by atoms with Gasteiger partial charge in [-0.15, -0.1) is 0 Å². The number of aliphatic hydroxyl groups excluding tert-OH is 1. The second kappa shape index (κ2) is 5.72. The molecule has 3 rings (SSSR count). The summed E-state index contributed by atoms with van der Waals surface area (Å²) in [6.45, 7) is 0.699. The van der Waals surface area contributed by atoms with E-state index < -0.39 is 6.10 Å². The Labute approximate surface area is 130 Å². The number of nitrogens with zero attached hydrogens (tertiary/aromatic N) is 1. The number of pyridine rings is 1. The molecule has 0 saturated carbocycles. The van der Waals surface area contributed by atoms with Crippen molar-refractivity contribution in [3.63, 3.8) is 0 Å². The molecule has 0 radical (unpaired) electrons. The highest BCUT2D eigenvalue weighted by Crippen LogP contribution is 2.36. The third kappa shape index (κ3) is 2.68. The van der Waals surface area contributed by atoms with Gasteiger partial charge in [-0.25, -0.2) is 0 Å². The van der Waals surface area contributed by atoms with E-state index in [1.54, 1.807) is 18.5 Å². The zero-order chi connectivity index (χ0) is 14.1. The lowest BCUT2D eigenvalue weighted by Gasteiger charge is -2.15. The lowest BCUT2D eigenvalue weighted by atomic mass is 9.99. The van der Waals surface area contributed by atoms with Crippen molar-refractivity contribution >= 4 is 27.5 Å². The third-order valence-corrected chi connectivity index (χ3v) is 4.18. The number of ether oxygens (including phenoxy) is 1. The van der Waals surface area contributed by atoms with Gasteiger partial charge in [0.2, 0.25) is 0 Å². The van der Waals surface area contributed by atoms with Crippen LogP contribution in [-0.4, -0.2) is 16.7 Å². The molecule has 0 aliphatic carbocycles. The fraction of sp³-hybridized carbons (Fsp3) is 0.267. The van der Waals surface area contributed by atoms with Gasteiger partial charge in [-0.05, 0) is 29.3 Å². The van der Waals surface area contributed by atoms with Gasteiger partial charge < -0.3 is 9.84 Å². The van der Waals surface area contributed by atoms with Crippen molar-refractivity contribution in [3.8, 4) is 5.75 Å². The van der Waals surface area contributed by atoms with Gasteiger partial charge in [0.25, 0.3) is 0 Å². The average Bonchev–Trinajstić information content (AvgIpc) is 2.87. The van der Waals surface area contributed by atoms with Gasteiger partial charge in [0.05, 0.1) is 17.7 Å². The van der Waals surface area contributed by atoms with E-state index in [2.05, 4.69) is 27.0 Å². The Balaban J connectivity index is 1.90. The summed E-state index contributed by atoms with van der Waals surface area (Å²) in [7, 11) is 0. The van der Waals surface area contributed by atoms with E-state index in [-0.39, 0.29) is 0 Å². The Morgan fingerprint density at radius 1 is 1.45 bits per heavy atom. The van der Waals surface area contributed by atoms with Crippen LogP contribution in [0.3, 0.4) is 0 Å². The molecular weight excluding hydrogens is 342 g/mol. The molecular formula is C15H13BrClNO2. The summed E-state index contributed by atoms with van der Waals surface area (Å²) in [5.74, 6) is 0.900. The molecule has 1 aliphatic heterocycles. The van der Waals surface area contributed by atoms with Gasteiger partial charge in [-0.2, -0.15) is 0 Å². The average molecular weight is 355 g/mol. The van der Waals surface area contributed by atoms with Gasteiger partial charge in [-0.3, -0.25) is 4.98 Å². The zero-order valence-corrected chi connectivity index (χ0v) is 13.0. The van der Waals surface area contributed by atoms with Crippen molar-refractivity contribution in [1.29, 1.82) is 0 Å². The Kier molecular flexibility index (Phi) is 3.96. The number of benzene rings is 1. The van der Waals surface area contributed by atoms with Crippen molar-refractivity contribution < 1.29 is 9.84 Å². The summed E-state index contributed by atoms with van der Waals surface area (Å²) in [6.07, 6.45) is 3.88. The third-order valence-electron chi connectivity index (χ3n) is 3.40. The molecule has 2 aromatic rings. The molecule has 2 heterocycles. The molecule has 3 nitrogen and oxygen atoms in total. The lowest BCUT2D eigenvalue weighted by Crippen LogP contribution is -2.04. The van der Waals surface area contributed by atoms with Crippen LogP contribution in [-0.2, 0) is 12.8 Å². The number of aromatic nitrogens is 1. The summed E-state index contributed by atoms with van der Waals surface area (Å²) in [5.41, 5.74) is 2.86. The highest BCUT2D eigenvalue weighted by Gasteiger charge is 2.21. The van der Waals surface area contributed by atoms with E-state index in [4.69, 9.17) is 16.3 Å².